The topological polar surface area (TPSA) is 32.3 Å². The first-order valence-electron chi connectivity index (χ1n) is 6.65. The minimum Gasteiger partial charge on any atom is -0.391 e. The Morgan fingerprint density at radius 1 is 1.05 bits per heavy atom. The summed E-state index contributed by atoms with van der Waals surface area (Å²) >= 11 is 13.4. The highest BCUT2D eigenvalue weighted by molar-refractivity contribution is 7.99. The molecule has 0 aliphatic carbocycles. The molecule has 0 saturated carbocycles. The average Bonchev–Trinajstić information content (AvgIpc) is 2.47. The smallest absolute Gasteiger partial charge is 0.0758 e. The van der Waals surface area contributed by atoms with Crippen LogP contribution in [0.3, 0.4) is 0 Å². The fraction of sp³-hybridized carbons (Fsp3) is 0.250. The molecule has 1 atom stereocenters. The second-order valence-corrected chi connectivity index (χ2v) is 6.65. The molecule has 0 radical (unpaired) electrons. The van der Waals surface area contributed by atoms with Crippen molar-refractivity contribution in [3.8, 4) is 0 Å². The molecule has 0 saturated heterocycles. The fourth-order valence-corrected chi connectivity index (χ4v) is 2.98. The molecular formula is C16H17Cl2NOS. The van der Waals surface area contributed by atoms with Crippen molar-refractivity contribution in [1.29, 1.82) is 0 Å². The Balaban J connectivity index is 1.67. The lowest BCUT2D eigenvalue weighted by Crippen LogP contribution is -2.28. The lowest BCUT2D eigenvalue weighted by atomic mass is 10.2. The normalized spacial score (nSPS) is 12.3. The van der Waals surface area contributed by atoms with Crippen molar-refractivity contribution in [3.63, 3.8) is 0 Å². The minimum atomic E-state index is -0.398. The van der Waals surface area contributed by atoms with Crippen LogP contribution in [0.25, 0.3) is 0 Å². The van der Waals surface area contributed by atoms with Crippen LogP contribution in [0.5, 0.6) is 0 Å². The number of hydrogen-bond acceptors (Lipinski definition) is 3. The Hall–Kier alpha value is -0.710. The summed E-state index contributed by atoms with van der Waals surface area (Å²) in [5.41, 5.74) is 1.11. The van der Waals surface area contributed by atoms with Gasteiger partial charge in [0.05, 0.1) is 6.10 Å². The number of aliphatic hydroxyl groups is 1. The first-order valence-corrected chi connectivity index (χ1v) is 8.39. The van der Waals surface area contributed by atoms with E-state index in [1.165, 1.54) is 0 Å². The number of halogens is 2. The van der Waals surface area contributed by atoms with Crippen molar-refractivity contribution < 1.29 is 5.11 Å². The molecular weight excluding hydrogens is 325 g/mol. The maximum atomic E-state index is 9.96. The van der Waals surface area contributed by atoms with Crippen LogP contribution < -0.4 is 5.32 Å². The van der Waals surface area contributed by atoms with E-state index in [1.54, 1.807) is 11.8 Å². The summed E-state index contributed by atoms with van der Waals surface area (Å²) in [7, 11) is 0. The van der Waals surface area contributed by atoms with Crippen LogP contribution >= 0.6 is 35.0 Å². The summed E-state index contributed by atoms with van der Waals surface area (Å²) < 4.78 is 0. The summed E-state index contributed by atoms with van der Waals surface area (Å²) in [5, 5.41) is 14.6. The molecule has 2 aromatic rings. The number of hydrogen-bond donors (Lipinski definition) is 2. The van der Waals surface area contributed by atoms with Gasteiger partial charge in [-0.15, -0.1) is 11.8 Å². The quantitative estimate of drug-likeness (QED) is 0.739. The summed E-state index contributed by atoms with van der Waals surface area (Å²) in [6, 6.07) is 15.3. The molecule has 0 aromatic heterocycles. The van der Waals surface area contributed by atoms with Gasteiger partial charge in [0.1, 0.15) is 0 Å². The summed E-state index contributed by atoms with van der Waals surface area (Å²) in [6.45, 7) is 1.25. The number of aliphatic hydroxyl groups excluding tert-OH is 1. The third-order valence-electron chi connectivity index (χ3n) is 2.85. The van der Waals surface area contributed by atoms with Gasteiger partial charge in [0.2, 0.25) is 0 Å². The first-order chi connectivity index (χ1) is 10.1. The van der Waals surface area contributed by atoms with Crippen molar-refractivity contribution in [1.82, 2.24) is 5.32 Å². The van der Waals surface area contributed by atoms with E-state index < -0.39 is 6.10 Å². The summed E-state index contributed by atoms with van der Waals surface area (Å²) in [4.78, 5) is 1.10. The zero-order chi connectivity index (χ0) is 15.1. The van der Waals surface area contributed by atoms with Crippen LogP contribution in [-0.2, 0) is 6.54 Å². The van der Waals surface area contributed by atoms with Gasteiger partial charge < -0.3 is 10.4 Å². The molecule has 112 valence electrons. The van der Waals surface area contributed by atoms with E-state index >= 15 is 0 Å². The highest BCUT2D eigenvalue weighted by Crippen LogP contribution is 2.20. The summed E-state index contributed by atoms with van der Waals surface area (Å²) in [5.74, 6) is 0.643. The van der Waals surface area contributed by atoms with Crippen LogP contribution in [0, 0.1) is 0 Å². The molecule has 0 fully saturated rings. The Kier molecular flexibility index (Phi) is 6.87. The standard InChI is InChI=1S/C16H17Cl2NOS/c17-13-4-6-16(7-5-13)21-11-15(20)10-19-9-12-2-1-3-14(18)8-12/h1-8,15,19-20H,9-11H2. The first kappa shape index (κ1) is 16.7. The lowest BCUT2D eigenvalue weighted by Gasteiger charge is -2.12. The van der Waals surface area contributed by atoms with Crippen molar-refractivity contribution >= 4 is 35.0 Å². The third kappa shape index (κ3) is 6.29. The molecule has 21 heavy (non-hydrogen) atoms. The van der Waals surface area contributed by atoms with Gasteiger partial charge in [-0.25, -0.2) is 0 Å². The molecule has 0 bridgehead atoms. The van der Waals surface area contributed by atoms with Gasteiger partial charge in [-0.05, 0) is 42.0 Å². The van der Waals surface area contributed by atoms with Gasteiger partial charge >= 0.3 is 0 Å². The van der Waals surface area contributed by atoms with Crippen LogP contribution in [0.15, 0.2) is 53.4 Å². The monoisotopic (exact) mass is 341 g/mol. The molecule has 2 aromatic carbocycles. The average molecular weight is 342 g/mol. The number of benzene rings is 2. The van der Waals surface area contributed by atoms with E-state index in [2.05, 4.69) is 5.32 Å². The molecule has 0 aliphatic rings. The lowest BCUT2D eigenvalue weighted by molar-refractivity contribution is 0.195. The van der Waals surface area contributed by atoms with Crippen LogP contribution in [0.2, 0.25) is 10.0 Å². The van der Waals surface area contributed by atoms with Crippen molar-refractivity contribution in [2.45, 2.75) is 17.5 Å². The van der Waals surface area contributed by atoms with Gasteiger partial charge in [0.25, 0.3) is 0 Å². The van der Waals surface area contributed by atoms with E-state index in [4.69, 9.17) is 23.2 Å². The SMILES string of the molecule is OC(CNCc1cccc(Cl)c1)CSc1ccc(Cl)cc1. The molecule has 2 N–H and O–H groups in total. The third-order valence-corrected chi connectivity index (χ3v) is 4.50. The maximum Gasteiger partial charge on any atom is 0.0758 e. The molecule has 0 heterocycles. The number of rotatable bonds is 7. The van der Waals surface area contributed by atoms with Gasteiger partial charge in [0.15, 0.2) is 0 Å². The van der Waals surface area contributed by atoms with Gasteiger partial charge in [-0.1, -0.05) is 35.3 Å². The highest BCUT2D eigenvalue weighted by atomic mass is 35.5. The Bertz CT molecular complexity index is 562. The van der Waals surface area contributed by atoms with Crippen LogP contribution in [0.4, 0.5) is 0 Å². The Morgan fingerprint density at radius 3 is 2.52 bits per heavy atom. The van der Waals surface area contributed by atoms with Crippen LogP contribution in [0.1, 0.15) is 5.56 Å². The minimum absolute atomic E-state index is 0.398. The van der Waals surface area contributed by atoms with Crippen molar-refractivity contribution in [2.75, 3.05) is 12.3 Å². The van der Waals surface area contributed by atoms with Crippen LogP contribution in [-0.4, -0.2) is 23.5 Å². The van der Waals surface area contributed by atoms with E-state index in [-0.39, 0.29) is 0 Å². The molecule has 5 heteroatoms. The van der Waals surface area contributed by atoms with E-state index in [1.807, 2.05) is 48.5 Å². The van der Waals surface area contributed by atoms with Crippen molar-refractivity contribution in [3.05, 3.63) is 64.1 Å². The fourth-order valence-electron chi connectivity index (χ4n) is 1.81. The zero-order valence-corrected chi connectivity index (χ0v) is 13.8. The van der Waals surface area contributed by atoms with E-state index in [0.717, 1.165) is 20.5 Å². The molecule has 1 unspecified atom stereocenters. The second-order valence-electron chi connectivity index (χ2n) is 4.68. The molecule has 0 amide bonds. The van der Waals surface area contributed by atoms with E-state index in [0.29, 0.717) is 18.8 Å². The largest absolute Gasteiger partial charge is 0.391 e. The molecule has 0 spiro atoms. The second kappa shape index (κ2) is 8.66. The van der Waals surface area contributed by atoms with Gasteiger partial charge in [-0.2, -0.15) is 0 Å². The zero-order valence-electron chi connectivity index (χ0n) is 11.4. The van der Waals surface area contributed by atoms with E-state index in [9.17, 15) is 5.11 Å². The predicted molar refractivity (Wildman–Crippen MR) is 91.3 cm³/mol. The number of thioether (sulfide) groups is 1. The predicted octanol–water partition coefficient (Wildman–Crippen LogP) is 4.24. The van der Waals surface area contributed by atoms with Crippen molar-refractivity contribution in [2.24, 2.45) is 0 Å². The Labute approximate surface area is 139 Å². The Morgan fingerprint density at radius 2 is 1.81 bits per heavy atom. The van der Waals surface area contributed by atoms with Gasteiger partial charge in [-0.3, -0.25) is 0 Å². The molecule has 2 nitrogen and oxygen atoms in total. The summed E-state index contributed by atoms with van der Waals surface area (Å²) in [6.07, 6.45) is -0.398. The maximum absolute atomic E-state index is 9.96. The molecule has 0 aliphatic heterocycles. The molecule has 2 rings (SSSR count). The van der Waals surface area contributed by atoms with Gasteiger partial charge in [0, 0.05) is 33.8 Å². The number of nitrogens with one attached hydrogen (secondary N) is 1. The highest BCUT2D eigenvalue weighted by Gasteiger charge is 2.05.